The van der Waals surface area contributed by atoms with Gasteiger partial charge >= 0.3 is 0 Å². The van der Waals surface area contributed by atoms with Crippen LogP contribution in [0.4, 0.5) is 17.5 Å². The maximum atomic E-state index is 4.54. The number of nitrogens with one attached hydrogen (secondary N) is 2. The standard InChI is InChI=1S/C19H21N5/c1-13-6-7-17(9-14(13)2)23-18-10-15(3)22-19(24-18)21-12-16-5-4-8-20-11-16/h4-11H,12H2,1-3H3,(H2,21,22,23,24). The van der Waals surface area contributed by atoms with E-state index in [-0.39, 0.29) is 0 Å². The third kappa shape index (κ3) is 4.07. The second kappa shape index (κ2) is 7.08. The minimum Gasteiger partial charge on any atom is -0.350 e. The number of hydrogen-bond donors (Lipinski definition) is 2. The lowest BCUT2D eigenvalue weighted by Crippen LogP contribution is -2.06. The van der Waals surface area contributed by atoms with Crippen molar-refractivity contribution in [2.24, 2.45) is 0 Å². The van der Waals surface area contributed by atoms with Crippen LogP contribution in [0.15, 0.2) is 48.8 Å². The molecule has 0 fully saturated rings. The van der Waals surface area contributed by atoms with Crippen molar-refractivity contribution in [1.29, 1.82) is 0 Å². The summed E-state index contributed by atoms with van der Waals surface area (Å²) >= 11 is 0. The number of aromatic nitrogens is 3. The fourth-order valence-corrected chi connectivity index (χ4v) is 2.36. The van der Waals surface area contributed by atoms with Crippen LogP contribution in [-0.4, -0.2) is 15.0 Å². The summed E-state index contributed by atoms with van der Waals surface area (Å²) in [6.07, 6.45) is 3.59. The second-order valence-corrected chi connectivity index (χ2v) is 5.86. The number of aryl methyl sites for hydroxylation is 3. The molecule has 0 aliphatic carbocycles. The Morgan fingerprint density at radius 3 is 2.58 bits per heavy atom. The third-order valence-electron chi connectivity index (χ3n) is 3.81. The van der Waals surface area contributed by atoms with Crippen molar-refractivity contribution in [1.82, 2.24) is 15.0 Å². The van der Waals surface area contributed by atoms with E-state index in [0.717, 1.165) is 22.8 Å². The van der Waals surface area contributed by atoms with Gasteiger partial charge in [0.1, 0.15) is 5.82 Å². The van der Waals surface area contributed by atoms with Gasteiger partial charge in [0.05, 0.1) is 0 Å². The molecule has 0 aliphatic heterocycles. The van der Waals surface area contributed by atoms with Crippen molar-refractivity contribution < 1.29 is 0 Å². The first-order valence-electron chi connectivity index (χ1n) is 7.93. The Morgan fingerprint density at radius 1 is 0.958 bits per heavy atom. The van der Waals surface area contributed by atoms with Gasteiger partial charge in [-0.25, -0.2) is 4.98 Å². The average Bonchev–Trinajstić information content (AvgIpc) is 2.57. The maximum absolute atomic E-state index is 4.54. The largest absolute Gasteiger partial charge is 0.350 e. The van der Waals surface area contributed by atoms with Crippen molar-refractivity contribution in [2.45, 2.75) is 27.3 Å². The van der Waals surface area contributed by atoms with E-state index in [1.807, 2.05) is 31.3 Å². The van der Waals surface area contributed by atoms with Gasteiger partial charge in [-0.2, -0.15) is 4.98 Å². The van der Waals surface area contributed by atoms with Crippen LogP contribution >= 0.6 is 0 Å². The minimum absolute atomic E-state index is 0.602. The molecule has 3 rings (SSSR count). The maximum Gasteiger partial charge on any atom is 0.225 e. The normalized spacial score (nSPS) is 10.5. The Morgan fingerprint density at radius 2 is 1.83 bits per heavy atom. The molecule has 0 aliphatic rings. The van der Waals surface area contributed by atoms with Gasteiger partial charge in [0.25, 0.3) is 0 Å². The van der Waals surface area contributed by atoms with E-state index >= 15 is 0 Å². The zero-order valence-corrected chi connectivity index (χ0v) is 14.2. The van der Waals surface area contributed by atoms with Gasteiger partial charge in [-0.3, -0.25) is 4.98 Å². The van der Waals surface area contributed by atoms with Crippen molar-refractivity contribution >= 4 is 17.5 Å². The van der Waals surface area contributed by atoms with Crippen LogP contribution in [0.3, 0.4) is 0 Å². The molecular formula is C19H21N5. The van der Waals surface area contributed by atoms with Gasteiger partial charge in [0, 0.05) is 36.4 Å². The Kier molecular flexibility index (Phi) is 4.70. The predicted octanol–water partition coefficient (Wildman–Crippen LogP) is 4.15. The van der Waals surface area contributed by atoms with Gasteiger partial charge in [-0.1, -0.05) is 12.1 Å². The van der Waals surface area contributed by atoms with Crippen molar-refractivity contribution in [2.75, 3.05) is 10.6 Å². The molecule has 0 unspecified atom stereocenters. The predicted molar refractivity (Wildman–Crippen MR) is 97.5 cm³/mol. The number of anilines is 3. The molecule has 0 amide bonds. The highest BCUT2D eigenvalue weighted by Crippen LogP contribution is 2.19. The van der Waals surface area contributed by atoms with Crippen LogP contribution < -0.4 is 10.6 Å². The summed E-state index contributed by atoms with van der Waals surface area (Å²) in [5.74, 6) is 1.38. The minimum atomic E-state index is 0.602. The third-order valence-corrected chi connectivity index (χ3v) is 3.81. The molecule has 2 aromatic heterocycles. The summed E-state index contributed by atoms with van der Waals surface area (Å²) in [5, 5.41) is 6.59. The van der Waals surface area contributed by atoms with Gasteiger partial charge in [0.2, 0.25) is 5.95 Å². The first-order valence-corrected chi connectivity index (χ1v) is 7.93. The molecule has 0 saturated heterocycles. The van der Waals surface area contributed by atoms with E-state index in [1.165, 1.54) is 11.1 Å². The Labute approximate surface area is 142 Å². The van der Waals surface area contributed by atoms with Gasteiger partial charge in [0.15, 0.2) is 0 Å². The molecule has 0 saturated carbocycles. The van der Waals surface area contributed by atoms with Gasteiger partial charge in [-0.05, 0) is 55.7 Å². The van der Waals surface area contributed by atoms with Crippen LogP contribution in [0.1, 0.15) is 22.4 Å². The number of benzene rings is 1. The van der Waals surface area contributed by atoms with Crippen LogP contribution in [0, 0.1) is 20.8 Å². The fraction of sp³-hybridized carbons (Fsp3) is 0.211. The number of rotatable bonds is 5. The molecule has 122 valence electrons. The molecule has 2 N–H and O–H groups in total. The summed E-state index contributed by atoms with van der Waals surface area (Å²) in [6, 6.07) is 12.2. The Hall–Kier alpha value is -2.95. The summed E-state index contributed by atoms with van der Waals surface area (Å²) in [6.45, 7) is 6.81. The molecule has 5 nitrogen and oxygen atoms in total. The van der Waals surface area contributed by atoms with E-state index in [2.05, 4.69) is 57.6 Å². The lowest BCUT2D eigenvalue weighted by Gasteiger charge is -2.11. The number of nitrogens with zero attached hydrogens (tertiary/aromatic N) is 3. The molecule has 0 spiro atoms. The van der Waals surface area contributed by atoms with Crippen LogP contribution in [0.25, 0.3) is 0 Å². The first-order chi connectivity index (χ1) is 11.6. The van der Waals surface area contributed by atoms with E-state index in [9.17, 15) is 0 Å². The van der Waals surface area contributed by atoms with Gasteiger partial charge < -0.3 is 10.6 Å². The van der Waals surface area contributed by atoms with Crippen LogP contribution in [0.2, 0.25) is 0 Å². The van der Waals surface area contributed by atoms with E-state index in [4.69, 9.17) is 0 Å². The average molecular weight is 319 g/mol. The zero-order chi connectivity index (χ0) is 16.9. The number of hydrogen-bond acceptors (Lipinski definition) is 5. The highest BCUT2D eigenvalue weighted by atomic mass is 15.1. The second-order valence-electron chi connectivity index (χ2n) is 5.86. The van der Waals surface area contributed by atoms with E-state index < -0.39 is 0 Å². The van der Waals surface area contributed by atoms with E-state index in [0.29, 0.717) is 12.5 Å². The van der Waals surface area contributed by atoms with Crippen LogP contribution in [0.5, 0.6) is 0 Å². The Balaban J connectivity index is 1.74. The van der Waals surface area contributed by atoms with Gasteiger partial charge in [-0.15, -0.1) is 0 Å². The van der Waals surface area contributed by atoms with E-state index in [1.54, 1.807) is 6.20 Å². The molecule has 0 radical (unpaired) electrons. The molecule has 1 aromatic carbocycles. The smallest absolute Gasteiger partial charge is 0.225 e. The summed E-state index contributed by atoms with van der Waals surface area (Å²) in [5.41, 5.74) is 5.55. The summed E-state index contributed by atoms with van der Waals surface area (Å²) in [7, 11) is 0. The first kappa shape index (κ1) is 15.9. The lowest BCUT2D eigenvalue weighted by molar-refractivity contribution is 1.02. The topological polar surface area (TPSA) is 62.7 Å². The summed E-state index contributed by atoms with van der Waals surface area (Å²) < 4.78 is 0. The quantitative estimate of drug-likeness (QED) is 0.739. The molecule has 0 atom stereocenters. The molecule has 5 heteroatoms. The number of pyridine rings is 1. The molecular weight excluding hydrogens is 298 g/mol. The summed E-state index contributed by atoms with van der Waals surface area (Å²) in [4.78, 5) is 13.1. The highest BCUT2D eigenvalue weighted by Gasteiger charge is 2.04. The monoisotopic (exact) mass is 319 g/mol. The highest BCUT2D eigenvalue weighted by molar-refractivity contribution is 5.59. The SMILES string of the molecule is Cc1cc(Nc2ccc(C)c(C)c2)nc(NCc2cccnc2)n1. The lowest BCUT2D eigenvalue weighted by atomic mass is 10.1. The van der Waals surface area contributed by atoms with Crippen LogP contribution in [-0.2, 0) is 6.54 Å². The molecule has 24 heavy (non-hydrogen) atoms. The molecule has 0 bridgehead atoms. The Bertz CT molecular complexity index is 830. The van der Waals surface area contributed by atoms with Crippen molar-refractivity contribution in [3.8, 4) is 0 Å². The van der Waals surface area contributed by atoms with Crippen molar-refractivity contribution in [3.63, 3.8) is 0 Å². The van der Waals surface area contributed by atoms with Crippen molar-refractivity contribution in [3.05, 3.63) is 71.2 Å². The zero-order valence-electron chi connectivity index (χ0n) is 14.2. The molecule has 3 aromatic rings. The fourth-order valence-electron chi connectivity index (χ4n) is 2.36. The molecule has 2 heterocycles.